The summed E-state index contributed by atoms with van der Waals surface area (Å²) in [5.41, 5.74) is 2.14. The van der Waals surface area contributed by atoms with Crippen molar-refractivity contribution in [1.29, 1.82) is 0 Å². The van der Waals surface area contributed by atoms with E-state index in [4.69, 9.17) is 16.1 Å². The van der Waals surface area contributed by atoms with Gasteiger partial charge in [-0.05, 0) is 12.8 Å². The van der Waals surface area contributed by atoms with Crippen LogP contribution in [0.4, 0.5) is 0 Å². The van der Waals surface area contributed by atoms with Crippen molar-refractivity contribution in [2.75, 3.05) is 45.9 Å². The van der Waals surface area contributed by atoms with Crippen LogP contribution in [0.1, 0.15) is 12.8 Å². The van der Waals surface area contributed by atoms with Crippen LogP contribution < -0.4 is 11.3 Å². The minimum atomic E-state index is -0.181. The maximum absolute atomic E-state index is 12.1. The number of nitrogens with one attached hydrogen (secondary N) is 1. The van der Waals surface area contributed by atoms with Gasteiger partial charge in [-0.3, -0.25) is 19.9 Å². The van der Waals surface area contributed by atoms with Crippen LogP contribution in [0.25, 0.3) is 0 Å². The van der Waals surface area contributed by atoms with Crippen molar-refractivity contribution >= 4 is 11.8 Å². The van der Waals surface area contributed by atoms with Gasteiger partial charge in [0.25, 0.3) is 0 Å². The van der Waals surface area contributed by atoms with Gasteiger partial charge in [0.2, 0.25) is 11.8 Å². The molecule has 0 radical (unpaired) electrons. The number of amides is 2. The number of carbonyl (C=O) groups excluding carboxylic acids is 2. The minimum Gasteiger partial charge on any atom is -0.395 e. The molecule has 5 N–H and O–H groups in total. The van der Waals surface area contributed by atoms with Gasteiger partial charge in [0.05, 0.1) is 19.8 Å². The zero-order chi connectivity index (χ0) is 15.0. The smallest absolute Gasteiger partial charge is 0.237 e. The van der Waals surface area contributed by atoms with E-state index in [9.17, 15) is 9.59 Å². The average Bonchev–Trinajstić information content (AvgIpc) is 2.47. The summed E-state index contributed by atoms with van der Waals surface area (Å²) in [6.45, 7) is 1.86. The van der Waals surface area contributed by atoms with E-state index in [1.807, 2.05) is 0 Å². The summed E-state index contributed by atoms with van der Waals surface area (Å²) in [5, 5.41) is 17.8. The average molecular weight is 288 g/mol. The highest BCUT2D eigenvalue weighted by molar-refractivity contribution is 5.80. The molecular weight excluding hydrogens is 264 g/mol. The van der Waals surface area contributed by atoms with Gasteiger partial charge >= 0.3 is 0 Å². The Labute approximate surface area is 118 Å². The summed E-state index contributed by atoms with van der Waals surface area (Å²) < 4.78 is 0. The standard InChI is InChI=1S/C12H24N4O4/c13-14-12(20)10-1-3-16(4-2-10)11(19)9-15(5-7-17)6-8-18/h10,17-18H,1-9,13H2,(H,14,20). The number of piperidine rings is 1. The van der Waals surface area contributed by atoms with Crippen LogP contribution in [0.3, 0.4) is 0 Å². The second-order valence-electron chi connectivity index (χ2n) is 4.89. The number of nitrogens with zero attached hydrogens (tertiary/aromatic N) is 2. The van der Waals surface area contributed by atoms with Crippen LogP contribution in [-0.4, -0.2) is 77.8 Å². The van der Waals surface area contributed by atoms with Gasteiger partial charge in [0, 0.05) is 32.1 Å². The van der Waals surface area contributed by atoms with Crippen molar-refractivity contribution in [3.8, 4) is 0 Å². The van der Waals surface area contributed by atoms with E-state index in [-0.39, 0.29) is 37.5 Å². The SMILES string of the molecule is NNC(=O)C1CCN(C(=O)CN(CCO)CCO)CC1. The topological polar surface area (TPSA) is 119 Å². The van der Waals surface area contributed by atoms with Crippen molar-refractivity contribution in [1.82, 2.24) is 15.2 Å². The lowest BCUT2D eigenvalue weighted by Crippen LogP contribution is -2.48. The van der Waals surface area contributed by atoms with E-state index in [2.05, 4.69) is 5.43 Å². The summed E-state index contributed by atoms with van der Waals surface area (Å²) in [6, 6.07) is 0. The molecule has 0 aliphatic carbocycles. The van der Waals surface area contributed by atoms with Crippen LogP contribution in [0.2, 0.25) is 0 Å². The minimum absolute atomic E-state index is 0.0430. The fraction of sp³-hybridized carbons (Fsp3) is 0.833. The Balaban J connectivity index is 2.39. The zero-order valence-electron chi connectivity index (χ0n) is 11.6. The van der Waals surface area contributed by atoms with Gasteiger partial charge in [-0.1, -0.05) is 0 Å². The molecule has 116 valence electrons. The largest absolute Gasteiger partial charge is 0.395 e. The van der Waals surface area contributed by atoms with Gasteiger partial charge in [-0.2, -0.15) is 0 Å². The third kappa shape index (κ3) is 5.04. The van der Waals surface area contributed by atoms with Gasteiger partial charge in [-0.15, -0.1) is 0 Å². The lowest BCUT2D eigenvalue weighted by molar-refractivity contribution is -0.136. The number of hydrazine groups is 1. The molecule has 0 aromatic rings. The maximum Gasteiger partial charge on any atom is 0.237 e. The molecule has 2 amide bonds. The Morgan fingerprint density at radius 1 is 1.20 bits per heavy atom. The van der Waals surface area contributed by atoms with E-state index < -0.39 is 0 Å². The van der Waals surface area contributed by atoms with Crippen LogP contribution in [0, 0.1) is 5.92 Å². The molecule has 0 atom stereocenters. The zero-order valence-corrected chi connectivity index (χ0v) is 11.6. The van der Waals surface area contributed by atoms with E-state index in [0.29, 0.717) is 39.0 Å². The molecule has 8 nitrogen and oxygen atoms in total. The first-order valence-corrected chi connectivity index (χ1v) is 6.84. The van der Waals surface area contributed by atoms with Crippen LogP contribution >= 0.6 is 0 Å². The fourth-order valence-electron chi connectivity index (χ4n) is 2.35. The molecule has 1 saturated heterocycles. The van der Waals surface area contributed by atoms with E-state index in [1.54, 1.807) is 9.80 Å². The monoisotopic (exact) mass is 288 g/mol. The van der Waals surface area contributed by atoms with Gasteiger partial charge < -0.3 is 15.1 Å². The molecule has 0 bridgehead atoms. The predicted octanol–water partition coefficient (Wildman–Crippen LogP) is -2.50. The molecule has 1 heterocycles. The number of aliphatic hydroxyl groups is 2. The molecule has 1 fully saturated rings. The van der Waals surface area contributed by atoms with Crippen molar-refractivity contribution in [3.05, 3.63) is 0 Å². The molecule has 0 saturated carbocycles. The molecular formula is C12H24N4O4. The predicted molar refractivity (Wildman–Crippen MR) is 72.2 cm³/mol. The third-order valence-electron chi connectivity index (χ3n) is 3.55. The van der Waals surface area contributed by atoms with Gasteiger partial charge in [0.15, 0.2) is 0 Å². The van der Waals surface area contributed by atoms with Crippen LogP contribution in [0.5, 0.6) is 0 Å². The molecule has 1 aliphatic heterocycles. The van der Waals surface area contributed by atoms with Gasteiger partial charge in [-0.25, -0.2) is 5.84 Å². The van der Waals surface area contributed by atoms with E-state index in [0.717, 1.165) is 0 Å². The molecule has 0 spiro atoms. The molecule has 8 heteroatoms. The number of hydrogen-bond acceptors (Lipinski definition) is 6. The van der Waals surface area contributed by atoms with Crippen LogP contribution in [-0.2, 0) is 9.59 Å². The van der Waals surface area contributed by atoms with Crippen molar-refractivity contribution in [2.45, 2.75) is 12.8 Å². The molecule has 0 unspecified atom stereocenters. The number of rotatable bonds is 7. The Kier molecular flexibility index (Phi) is 7.45. The summed E-state index contributed by atoms with van der Waals surface area (Å²) in [7, 11) is 0. The lowest BCUT2D eigenvalue weighted by Gasteiger charge is -2.32. The molecule has 1 aliphatic rings. The highest BCUT2D eigenvalue weighted by atomic mass is 16.3. The summed E-state index contributed by atoms with van der Waals surface area (Å²) in [6.07, 6.45) is 1.21. The Hall–Kier alpha value is -1.22. The summed E-state index contributed by atoms with van der Waals surface area (Å²) >= 11 is 0. The van der Waals surface area contributed by atoms with E-state index in [1.165, 1.54) is 0 Å². The third-order valence-corrected chi connectivity index (χ3v) is 3.55. The number of carbonyl (C=O) groups is 2. The van der Waals surface area contributed by atoms with E-state index >= 15 is 0 Å². The maximum atomic E-state index is 12.1. The van der Waals surface area contributed by atoms with Crippen LogP contribution in [0.15, 0.2) is 0 Å². The number of likely N-dealkylation sites (tertiary alicyclic amines) is 1. The fourth-order valence-corrected chi connectivity index (χ4v) is 2.35. The van der Waals surface area contributed by atoms with Crippen molar-refractivity contribution < 1.29 is 19.8 Å². The number of hydrogen-bond donors (Lipinski definition) is 4. The Bertz CT molecular complexity index is 313. The highest BCUT2D eigenvalue weighted by Crippen LogP contribution is 2.17. The lowest BCUT2D eigenvalue weighted by atomic mass is 9.96. The first kappa shape index (κ1) is 16.8. The summed E-state index contributed by atoms with van der Waals surface area (Å²) in [5.74, 6) is 4.74. The second-order valence-corrected chi connectivity index (χ2v) is 4.89. The molecule has 0 aromatic heterocycles. The molecule has 20 heavy (non-hydrogen) atoms. The highest BCUT2D eigenvalue weighted by Gasteiger charge is 2.27. The second kappa shape index (κ2) is 8.85. The molecule has 1 rings (SSSR count). The van der Waals surface area contributed by atoms with Gasteiger partial charge in [0.1, 0.15) is 0 Å². The van der Waals surface area contributed by atoms with Crippen molar-refractivity contribution in [3.63, 3.8) is 0 Å². The first-order chi connectivity index (χ1) is 9.62. The first-order valence-electron chi connectivity index (χ1n) is 6.84. The Morgan fingerprint density at radius 2 is 1.75 bits per heavy atom. The summed E-state index contributed by atoms with van der Waals surface area (Å²) in [4.78, 5) is 26.9. The molecule has 0 aromatic carbocycles. The number of aliphatic hydroxyl groups excluding tert-OH is 2. The van der Waals surface area contributed by atoms with Crippen molar-refractivity contribution in [2.24, 2.45) is 11.8 Å². The Morgan fingerprint density at radius 3 is 2.20 bits per heavy atom. The quantitative estimate of drug-likeness (QED) is 0.234. The number of nitrogens with two attached hydrogens (primary N) is 1. The normalized spacial score (nSPS) is 16.5.